The number of methoxy groups -OCH3 is 1. The second-order valence-electron chi connectivity index (χ2n) is 4.55. The van der Waals surface area contributed by atoms with Crippen molar-refractivity contribution >= 4 is 0 Å². The van der Waals surface area contributed by atoms with Crippen LogP contribution in [0, 0.1) is 17.1 Å². The maximum absolute atomic E-state index is 13.6. The fraction of sp³-hybridized carbons (Fsp3) is 0.538. The van der Waals surface area contributed by atoms with Crippen LogP contribution in [0.5, 0.6) is 5.88 Å². The molecule has 0 radical (unpaired) electrons. The van der Waals surface area contributed by atoms with Gasteiger partial charge in [-0.05, 0) is 25.7 Å². The van der Waals surface area contributed by atoms with Crippen LogP contribution in [0.25, 0.3) is 0 Å². The molecule has 0 spiro atoms. The quantitative estimate of drug-likeness (QED) is 0.903. The molecule has 1 fully saturated rings. The number of aromatic nitrogens is 1. The summed E-state index contributed by atoms with van der Waals surface area (Å²) in [5.74, 6) is -0.908. The van der Waals surface area contributed by atoms with E-state index in [-0.39, 0.29) is 23.7 Å². The predicted molar refractivity (Wildman–Crippen MR) is 65.4 cm³/mol. The lowest BCUT2D eigenvalue weighted by Gasteiger charge is -2.27. The van der Waals surface area contributed by atoms with E-state index in [1.807, 2.05) is 0 Å². The summed E-state index contributed by atoms with van der Waals surface area (Å²) >= 11 is 0. The molecule has 0 aliphatic heterocycles. The topological polar surface area (TPSA) is 75.1 Å². The summed E-state index contributed by atoms with van der Waals surface area (Å²) in [5, 5.41) is 8.62. The molecule has 1 heterocycles. The molecule has 1 aromatic rings. The lowest BCUT2D eigenvalue weighted by Crippen LogP contribution is -2.29. The zero-order chi connectivity index (χ0) is 13.8. The molecule has 1 aliphatic rings. The Kier molecular flexibility index (Phi) is 4.17. The molecular weight excluding hydrogens is 251 g/mol. The van der Waals surface area contributed by atoms with Crippen molar-refractivity contribution in [1.29, 1.82) is 5.26 Å². The van der Waals surface area contributed by atoms with Crippen LogP contribution in [0.1, 0.15) is 31.2 Å². The van der Waals surface area contributed by atoms with E-state index >= 15 is 0 Å². The number of nitriles is 1. The third kappa shape index (κ3) is 3.12. The average molecular weight is 266 g/mol. The molecule has 2 rings (SSSR count). The van der Waals surface area contributed by atoms with E-state index < -0.39 is 11.4 Å². The summed E-state index contributed by atoms with van der Waals surface area (Å²) in [6.45, 7) is 0. The largest absolute Gasteiger partial charge is 0.474 e. The third-order valence-corrected chi connectivity index (χ3v) is 3.32. The number of hydrogen-bond acceptors (Lipinski definition) is 4. The van der Waals surface area contributed by atoms with Crippen molar-refractivity contribution in [3.8, 4) is 11.9 Å². The van der Waals surface area contributed by atoms with Crippen LogP contribution in [-0.2, 0) is 4.74 Å². The Bertz CT molecular complexity index is 542. The number of ether oxygens (including phenoxy) is 2. The van der Waals surface area contributed by atoms with E-state index in [9.17, 15) is 9.18 Å². The molecule has 1 aromatic heterocycles. The molecule has 6 heteroatoms. The van der Waals surface area contributed by atoms with Gasteiger partial charge in [0.15, 0.2) is 5.82 Å². The fourth-order valence-electron chi connectivity index (χ4n) is 2.21. The van der Waals surface area contributed by atoms with Crippen LogP contribution < -0.4 is 10.3 Å². The van der Waals surface area contributed by atoms with Crippen LogP contribution in [0.2, 0.25) is 0 Å². The lowest BCUT2D eigenvalue weighted by molar-refractivity contribution is 0.0301. The fourth-order valence-corrected chi connectivity index (χ4v) is 2.21. The maximum atomic E-state index is 13.6. The highest BCUT2D eigenvalue weighted by Gasteiger charge is 2.23. The summed E-state index contributed by atoms with van der Waals surface area (Å²) in [5.41, 5.74) is -0.891. The molecule has 19 heavy (non-hydrogen) atoms. The molecule has 5 nitrogen and oxygen atoms in total. The van der Waals surface area contributed by atoms with Crippen molar-refractivity contribution in [3.63, 3.8) is 0 Å². The van der Waals surface area contributed by atoms with Crippen LogP contribution in [0.15, 0.2) is 10.9 Å². The van der Waals surface area contributed by atoms with E-state index in [4.69, 9.17) is 14.7 Å². The Morgan fingerprint density at radius 3 is 2.58 bits per heavy atom. The van der Waals surface area contributed by atoms with Gasteiger partial charge in [0.1, 0.15) is 17.7 Å². The van der Waals surface area contributed by atoms with Gasteiger partial charge in [-0.25, -0.2) is 4.39 Å². The summed E-state index contributed by atoms with van der Waals surface area (Å²) in [6, 6.07) is 2.52. The number of halogens is 1. The molecule has 0 unspecified atom stereocenters. The Balaban J connectivity index is 2.06. The van der Waals surface area contributed by atoms with Crippen molar-refractivity contribution in [1.82, 2.24) is 4.98 Å². The molecule has 1 saturated carbocycles. The van der Waals surface area contributed by atoms with Gasteiger partial charge in [-0.1, -0.05) is 0 Å². The molecule has 1 aliphatic carbocycles. The minimum atomic E-state index is -0.718. The molecule has 0 saturated heterocycles. The SMILES string of the molecule is COC1CCC(Oc2[nH]c(=O)c(C#N)cc2F)CC1. The summed E-state index contributed by atoms with van der Waals surface area (Å²) in [7, 11) is 1.67. The monoisotopic (exact) mass is 266 g/mol. The van der Waals surface area contributed by atoms with Gasteiger partial charge >= 0.3 is 0 Å². The van der Waals surface area contributed by atoms with E-state index in [2.05, 4.69) is 4.98 Å². The first-order valence-electron chi connectivity index (χ1n) is 6.16. The Morgan fingerprint density at radius 1 is 1.37 bits per heavy atom. The van der Waals surface area contributed by atoms with Crippen molar-refractivity contribution in [2.24, 2.45) is 0 Å². The zero-order valence-corrected chi connectivity index (χ0v) is 10.6. The van der Waals surface area contributed by atoms with Gasteiger partial charge in [-0.3, -0.25) is 9.78 Å². The highest BCUT2D eigenvalue weighted by Crippen LogP contribution is 2.25. The number of rotatable bonds is 3. The first kappa shape index (κ1) is 13.6. The van der Waals surface area contributed by atoms with Crippen molar-refractivity contribution in [2.75, 3.05) is 7.11 Å². The summed E-state index contributed by atoms with van der Waals surface area (Å²) in [4.78, 5) is 13.7. The van der Waals surface area contributed by atoms with Gasteiger partial charge in [0.05, 0.1) is 6.10 Å². The number of hydrogen-bond donors (Lipinski definition) is 1. The highest BCUT2D eigenvalue weighted by atomic mass is 19.1. The molecule has 0 bridgehead atoms. The normalized spacial score (nSPS) is 22.8. The van der Waals surface area contributed by atoms with E-state index in [1.165, 1.54) is 0 Å². The Labute approximate surface area is 110 Å². The molecule has 0 amide bonds. The van der Waals surface area contributed by atoms with Gasteiger partial charge in [0.2, 0.25) is 5.88 Å². The van der Waals surface area contributed by atoms with E-state index in [0.717, 1.165) is 31.7 Å². The highest BCUT2D eigenvalue weighted by molar-refractivity contribution is 5.29. The molecular formula is C13H15FN2O3. The van der Waals surface area contributed by atoms with Crippen LogP contribution >= 0.6 is 0 Å². The summed E-state index contributed by atoms with van der Waals surface area (Å²) in [6.07, 6.45) is 3.29. The minimum Gasteiger partial charge on any atom is -0.474 e. The van der Waals surface area contributed by atoms with Crippen molar-refractivity contribution < 1.29 is 13.9 Å². The molecule has 0 aromatic carbocycles. The number of H-pyrrole nitrogens is 1. The van der Waals surface area contributed by atoms with Gasteiger partial charge in [0.25, 0.3) is 5.56 Å². The molecule has 102 valence electrons. The Hall–Kier alpha value is -1.87. The first-order chi connectivity index (χ1) is 9.13. The van der Waals surface area contributed by atoms with Gasteiger partial charge in [0, 0.05) is 13.2 Å². The number of nitrogens with one attached hydrogen (secondary N) is 1. The third-order valence-electron chi connectivity index (χ3n) is 3.32. The van der Waals surface area contributed by atoms with Gasteiger partial charge in [-0.15, -0.1) is 0 Å². The second-order valence-corrected chi connectivity index (χ2v) is 4.55. The maximum Gasteiger partial charge on any atom is 0.268 e. The standard InChI is InChI=1S/C13H15FN2O3/c1-18-9-2-4-10(5-3-9)19-13-11(14)6-8(7-15)12(17)16-13/h6,9-10H,2-5H2,1H3,(H,16,17). The smallest absolute Gasteiger partial charge is 0.268 e. The van der Waals surface area contributed by atoms with Crippen molar-refractivity contribution in [2.45, 2.75) is 37.9 Å². The van der Waals surface area contributed by atoms with Gasteiger partial charge < -0.3 is 9.47 Å². The van der Waals surface area contributed by atoms with Crippen LogP contribution in [0.3, 0.4) is 0 Å². The predicted octanol–water partition coefficient (Wildman–Crippen LogP) is 1.72. The van der Waals surface area contributed by atoms with Crippen LogP contribution in [0.4, 0.5) is 4.39 Å². The van der Waals surface area contributed by atoms with E-state index in [1.54, 1.807) is 13.2 Å². The lowest BCUT2D eigenvalue weighted by atomic mass is 9.95. The molecule has 0 atom stereocenters. The average Bonchev–Trinajstić information content (AvgIpc) is 2.43. The first-order valence-corrected chi connectivity index (χ1v) is 6.16. The minimum absolute atomic E-state index is 0.135. The number of aromatic amines is 1. The number of nitrogens with zero attached hydrogens (tertiary/aromatic N) is 1. The van der Waals surface area contributed by atoms with Crippen LogP contribution in [-0.4, -0.2) is 24.3 Å². The summed E-state index contributed by atoms with van der Waals surface area (Å²) < 4.78 is 24.3. The van der Waals surface area contributed by atoms with Crippen molar-refractivity contribution in [3.05, 3.63) is 27.8 Å². The van der Waals surface area contributed by atoms with E-state index in [0.29, 0.717) is 0 Å². The zero-order valence-electron chi connectivity index (χ0n) is 10.6. The van der Waals surface area contributed by atoms with Gasteiger partial charge in [-0.2, -0.15) is 5.26 Å². The molecule has 1 N–H and O–H groups in total. The second kappa shape index (κ2) is 5.85. The number of pyridine rings is 1. The Morgan fingerprint density at radius 2 is 2.00 bits per heavy atom.